The van der Waals surface area contributed by atoms with Crippen LogP contribution in [0, 0.1) is 11.6 Å². The van der Waals surface area contributed by atoms with Gasteiger partial charge >= 0.3 is 0 Å². The Morgan fingerprint density at radius 2 is 2.00 bits per heavy atom. The summed E-state index contributed by atoms with van der Waals surface area (Å²) in [5.74, 6) is -1.26. The van der Waals surface area contributed by atoms with Crippen LogP contribution in [0.1, 0.15) is 12.5 Å². The lowest BCUT2D eigenvalue weighted by atomic mass is 10.2. The van der Waals surface area contributed by atoms with Crippen LogP contribution in [0.5, 0.6) is 0 Å². The van der Waals surface area contributed by atoms with E-state index in [1.165, 1.54) is 18.8 Å². The molecule has 20 heavy (non-hydrogen) atoms. The van der Waals surface area contributed by atoms with Gasteiger partial charge in [0.25, 0.3) is 0 Å². The monoisotopic (exact) mass is 324 g/mol. The molecular formula is C12H18F2N2O2S2. The molecular weight excluding hydrogens is 306 g/mol. The van der Waals surface area contributed by atoms with Crippen LogP contribution < -0.4 is 10.0 Å². The Balaban J connectivity index is 3.16. The second-order valence-electron chi connectivity index (χ2n) is 4.35. The lowest BCUT2D eigenvalue weighted by molar-refractivity contribution is 0.516. The number of rotatable bonds is 7. The molecule has 1 aromatic carbocycles. The zero-order chi connectivity index (χ0) is 15.3. The van der Waals surface area contributed by atoms with Crippen LogP contribution in [0.25, 0.3) is 0 Å². The molecule has 0 fully saturated rings. The lowest BCUT2D eigenvalue weighted by Crippen LogP contribution is -2.35. The van der Waals surface area contributed by atoms with E-state index in [0.29, 0.717) is 5.75 Å². The van der Waals surface area contributed by atoms with Crippen LogP contribution in [0.15, 0.2) is 17.0 Å². The van der Waals surface area contributed by atoms with Crippen LogP contribution >= 0.6 is 11.8 Å². The smallest absolute Gasteiger partial charge is 0.243 e. The maximum atomic E-state index is 14.1. The molecule has 114 valence electrons. The molecule has 0 aliphatic rings. The van der Waals surface area contributed by atoms with E-state index in [4.69, 9.17) is 0 Å². The third kappa shape index (κ3) is 4.15. The summed E-state index contributed by atoms with van der Waals surface area (Å²) in [7, 11) is -2.48. The Morgan fingerprint density at radius 1 is 1.35 bits per heavy atom. The SMILES string of the molecule is CNCc1c(F)ccc(S(=O)(=O)NC(C)CSC)c1F. The minimum atomic E-state index is -4.00. The van der Waals surface area contributed by atoms with Crippen molar-refractivity contribution >= 4 is 21.8 Å². The molecule has 0 saturated carbocycles. The summed E-state index contributed by atoms with van der Waals surface area (Å²) < 4.78 is 54.2. The summed E-state index contributed by atoms with van der Waals surface area (Å²) in [4.78, 5) is -0.530. The van der Waals surface area contributed by atoms with Gasteiger partial charge < -0.3 is 5.32 Å². The highest BCUT2D eigenvalue weighted by Crippen LogP contribution is 2.21. The first kappa shape index (κ1) is 17.4. The van der Waals surface area contributed by atoms with Crippen molar-refractivity contribution in [2.75, 3.05) is 19.1 Å². The largest absolute Gasteiger partial charge is 0.315 e. The third-order valence-electron chi connectivity index (χ3n) is 2.57. The molecule has 1 unspecified atom stereocenters. The number of thioether (sulfide) groups is 1. The van der Waals surface area contributed by atoms with Crippen molar-refractivity contribution in [2.24, 2.45) is 0 Å². The first-order valence-electron chi connectivity index (χ1n) is 5.96. The predicted molar refractivity (Wildman–Crippen MR) is 77.3 cm³/mol. The van der Waals surface area contributed by atoms with Gasteiger partial charge in [0.2, 0.25) is 10.0 Å². The van der Waals surface area contributed by atoms with E-state index in [0.717, 1.165) is 12.1 Å². The van der Waals surface area contributed by atoms with Crippen LogP contribution in [0.3, 0.4) is 0 Å². The van der Waals surface area contributed by atoms with E-state index in [9.17, 15) is 17.2 Å². The molecule has 0 aliphatic heterocycles. The molecule has 0 aromatic heterocycles. The summed E-state index contributed by atoms with van der Waals surface area (Å²) >= 11 is 1.47. The molecule has 0 saturated heterocycles. The van der Waals surface area contributed by atoms with Gasteiger partial charge in [-0.3, -0.25) is 0 Å². The summed E-state index contributed by atoms with van der Waals surface area (Å²) in [6, 6.07) is 1.56. The highest BCUT2D eigenvalue weighted by atomic mass is 32.2. The van der Waals surface area contributed by atoms with Crippen LogP contribution in [-0.4, -0.2) is 33.5 Å². The van der Waals surface area contributed by atoms with Crippen molar-refractivity contribution in [1.82, 2.24) is 10.0 Å². The molecule has 0 heterocycles. The quantitative estimate of drug-likeness (QED) is 0.802. The molecule has 2 N–H and O–H groups in total. The normalized spacial score (nSPS) is 13.4. The van der Waals surface area contributed by atoms with Gasteiger partial charge in [0.15, 0.2) is 5.82 Å². The van der Waals surface area contributed by atoms with Crippen LogP contribution in [0.2, 0.25) is 0 Å². The van der Waals surface area contributed by atoms with Crippen molar-refractivity contribution in [3.8, 4) is 0 Å². The van der Waals surface area contributed by atoms with E-state index in [-0.39, 0.29) is 18.2 Å². The molecule has 1 rings (SSSR count). The number of sulfonamides is 1. The van der Waals surface area contributed by atoms with Crippen LogP contribution in [-0.2, 0) is 16.6 Å². The van der Waals surface area contributed by atoms with Crippen molar-refractivity contribution in [1.29, 1.82) is 0 Å². The number of hydrogen-bond donors (Lipinski definition) is 2. The molecule has 0 aliphatic carbocycles. The Hall–Kier alpha value is -0.700. The Kier molecular flexibility index (Phi) is 6.38. The summed E-state index contributed by atoms with van der Waals surface area (Å²) in [6.07, 6.45) is 1.84. The molecule has 0 amide bonds. The fraction of sp³-hybridized carbons (Fsp3) is 0.500. The molecule has 1 atom stereocenters. The van der Waals surface area contributed by atoms with Gasteiger partial charge in [0.05, 0.1) is 0 Å². The maximum Gasteiger partial charge on any atom is 0.243 e. The maximum absolute atomic E-state index is 14.1. The first-order chi connectivity index (χ1) is 9.33. The van der Waals surface area contributed by atoms with Crippen molar-refractivity contribution in [3.63, 3.8) is 0 Å². The minimum Gasteiger partial charge on any atom is -0.315 e. The second kappa shape index (κ2) is 7.35. The van der Waals surface area contributed by atoms with Crippen molar-refractivity contribution in [2.45, 2.75) is 24.4 Å². The van der Waals surface area contributed by atoms with E-state index in [2.05, 4.69) is 10.0 Å². The number of benzene rings is 1. The zero-order valence-corrected chi connectivity index (χ0v) is 13.2. The molecule has 8 heteroatoms. The fourth-order valence-electron chi connectivity index (χ4n) is 1.73. The van der Waals surface area contributed by atoms with E-state index >= 15 is 0 Å². The van der Waals surface area contributed by atoms with E-state index in [1.54, 1.807) is 6.92 Å². The predicted octanol–water partition coefficient (Wildman–Crippen LogP) is 1.71. The Morgan fingerprint density at radius 3 is 2.55 bits per heavy atom. The van der Waals surface area contributed by atoms with E-state index in [1.807, 2.05) is 6.26 Å². The lowest BCUT2D eigenvalue weighted by Gasteiger charge is -2.15. The summed E-state index contributed by atoms with van der Waals surface area (Å²) in [5, 5.41) is 2.61. The Labute approximate surface area is 122 Å². The van der Waals surface area contributed by atoms with Crippen LogP contribution in [0.4, 0.5) is 8.78 Å². The number of hydrogen-bond acceptors (Lipinski definition) is 4. The van der Waals surface area contributed by atoms with Gasteiger partial charge in [-0.15, -0.1) is 0 Å². The number of halogens is 2. The average Bonchev–Trinajstić information content (AvgIpc) is 2.33. The minimum absolute atomic E-state index is 0.0820. The van der Waals surface area contributed by atoms with Crippen molar-refractivity contribution < 1.29 is 17.2 Å². The third-order valence-corrected chi connectivity index (χ3v) is 5.01. The van der Waals surface area contributed by atoms with E-state index < -0.39 is 26.6 Å². The fourth-order valence-corrected chi connectivity index (χ4v) is 3.77. The molecule has 0 radical (unpaired) electrons. The molecule has 0 bridgehead atoms. The highest BCUT2D eigenvalue weighted by molar-refractivity contribution is 7.98. The zero-order valence-electron chi connectivity index (χ0n) is 11.5. The van der Waals surface area contributed by atoms with Gasteiger partial charge in [0.1, 0.15) is 10.7 Å². The van der Waals surface area contributed by atoms with Gasteiger partial charge in [-0.1, -0.05) is 0 Å². The van der Waals surface area contributed by atoms with Crippen molar-refractivity contribution in [3.05, 3.63) is 29.3 Å². The second-order valence-corrected chi connectivity index (χ2v) is 6.94. The Bertz CT molecular complexity index is 565. The standard InChI is InChI=1S/C12H18F2N2O2S2/c1-8(7-19-3)16-20(17,18)11-5-4-10(13)9(6-15-2)12(11)14/h4-5,8,15-16H,6-7H2,1-3H3. The first-order valence-corrected chi connectivity index (χ1v) is 8.84. The van der Waals surface area contributed by atoms with Gasteiger partial charge in [-0.25, -0.2) is 21.9 Å². The van der Waals surface area contributed by atoms with Gasteiger partial charge in [-0.2, -0.15) is 11.8 Å². The summed E-state index contributed by atoms with van der Waals surface area (Å²) in [5.41, 5.74) is -0.284. The average molecular weight is 324 g/mol. The number of nitrogens with one attached hydrogen (secondary N) is 2. The molecule has 0 spiro atoms. The molecule has 1 aromatic rings. The highest BCUT2D eigenvalue weighted by Gasteiger charge is 2.24. The summed E-state index contributed by atoms with van der Waals surface area (Å²) in [6.45, 7) is 1.60. The molecule has 4 nitrogen and oxygen atoms in total. The van der Waals surface area contributed by atoms with Gasteiger partial charge in [-0.05, 0) is 32.4 Å². The van der Waals surface area contributed by atoms with Gasteiger partial charge in [0, 0.05) is 23.9 Å². The topological polar surface area (TPSA) is 58.2 Å².